The first-order valence-electron chi connectivity index (χ1n) is 2.89. The van der Waals surface area contributed by atoms with Crippen molar-refractivity contribution >= 4 is 17.2 Å². The Labute approximate surface area is 62.3 Å². The Bertz CT molecular complexity index is 209. The maximum absolute atomic E-state index is 10.9. The monoisotopic (exact) mass is 157 g/mol. The van der Waals surface area contributed by atoms with E-state index in [4.69, 9.17) is 0 Å². The molecule has 0 aliphatic rings. The zero-order valence-corrected chi connectivity index (χ0v) is 6.31. The van der Waals surface area contributed by atoms with Crippen molar-refractivity contribution in [3.05, 3.63) is 10.5 Å². The minimum Gasteiger partial charge on any atom is -0.350 e. The Morgan fingerprint density at radius 3 is 3.20 bits per heavy atom. The van der Waals surface area contributed by atoms with Gasteiger partial charge in [0.15, 0.2) is 0 Å². The van der Waals surface area contributed by atoms with Crippen LogP contribution >= 0.6 is 11.3 Å². The first-order chi connectivity index (χ1) is 4.84. The number of amides is 1. The average molecular weight is 157 g/mol. The summed E-state index contributed by atoms with van der Waals surface area (Å²) in [5.74, 6) is -0.148. The van der Waals surface area contributed by atoms with E-state index >= 15 is 0 Å². The van der Waals surface area contributed by atoms with E-state index in [9.17, 15) is 4.79 Å². The van der Waals surface area contributed by atoms with Crippen LogP contribution in [0, 0.1) is 0 Å². The molecule has 10 heavy (non-hydrogen) atoms. The molecule has 54 valence electrons. The molecule has 5 heteroatoms. The predicted octanol–water partition coefficient (Wildman–Crippen LogP) is 0.288. The minimum absolute atomic E-state index is 0.148. The largest absolute Gasteiger partial charge is 0.350 e. The summed E-state index contributed by atoms with van der Waals surface area (Å²) < 4.78 is 0. The summed E-state index contributed by atoms with van der Waals surface area (Å²) in [6.45, 7) is 2.48. The Balaban J connectivity index is 2.59. The first kappa shape index (κ1) is 7.14. The van der Waals surface area contributed by atoms with Crippen LogP contribution in [0.2, 0.25) is 0 Å². The second-order valence-electron chi connectivity index (χ2n) is 1.60. The fraction of sp³-hybridized carbons (Fsp3) is 0.400. The molecule has 4 nitrogen and oxygen atoms in total. The quantitative estimate of drug-likeness (QED) is 0.671. The van der Waals surface area contributed by atoms with Gasteiger partial charge in [-0.15, -0.1) is 10.2 Å². The molecule has 1 aromatic rings. The van der Waals surface area contributed by atoms with Crippen molar-refractivity contribution in [1.29, 1.82) is 0 Å². The van der Waals surface area contributed by atoms with Gasteiger partial charge in [0.05, 0.1) is 0 Å². The summed E-state index contributed by atoms with van der Waals surface area (Å²) in [5, 5.41) is 10.2. The van der Waals surface area contributed by atoms with Crippen molar-refractivity contribution < 1.29 is 4.79 Å². The average Bonchev–Trinajstić information content (AvgIpc) is 2.38. The van der Waals surface area contributed by atoms with Gasteiger partial charge in [-0.05, 0) is 6.92 Å². The van der Waals surface area contributed by atoms with Gasteiger partial charge in [0, 0.05) is 6.54 Å². The van der Waals surface area contributed by atoms with E-state index in [-0.39, 0.29) is 5.91 Å². The van der Waals surface area contributed by atoms with Crippen LogP contribution in [-0.2, 0) is 0 Å². The molecule has 0 aromatic carbocycles. The van der Waals surface area contributed by atoms with Crippen molar-refractivity contribution in [3.8, 4) is 0 Å². The molecule has 1 N–H and O–H groups in total. The molecule has 0 radical (unpaired) electrons. The molecule has 0 saturated carbocycles. The molecule has 0 aliphatic carbocycles. The molecule has 0 bridgehead atoms. The Hall–Kier alpha value is -0.970. The lowest BCUT2D eigenvalue weighted by molar-refractivity contribution is 0.0954. The van der Waals surface area contributed by atoms with Crippen molar-refractivity contribution in [2.24, 2.45) is 0 Å². The number of hydrogen-bond donors (Lipinski definition) is 1. The summed E-state index contributed by atoms with van der Waals surface area (Å²) in [4.78, 5) is 10.9. The van der Waals surface area contributed by atoms with Crippen molar-refractivity contribution in [3.63, 3.8) is 0 Å². The molecule has 0 saturated heterocycles. The van der Waals surface area contributed by atoms with Crippen LogP contribution in [0.3, 0.4) is 0 Å². The Morgan fingerprint density at radius 1 is 1.90 bits per heavy atom. The fourth-order valence-electron chi connectivity index (χ4n) is 0.508. The summed E-state index contributed by atoms with van der Waals surface area (Å²) in [6, 6.07) is 0. The number of aromatic nitrogens is 2. The highest BCUT2D eigenvalue weighted by atomic mass is 32.1. The third kappa shape index (κ3) is 1.51. The van der Waals surface area contributed by atoms with Gasteiger partial charge in [-0.2, -0.15) is 0 Å². The highest BCUT2D eigenvalue weighted by Crippen LogP contribution is 1.99. The lowest BCUT2D eigenvalue weighted by Crippen LogP contribution is -2.22. The van der Waals surface area contributed by atoms with Crippen LogP contribution in [0.5, 0.6) is 0 Å². The van der Waals surface area contributed by atoms with E-state index in [2.05, 4.69) is 15.5 Å². The van der Waals surface area contributed by atoms with Gasteiger partial charge in [-0.1, -0.05) is 11.3 Å². The molecule has 1 rings (SSSR count). The second-order valence-corrected chi connectivity index (χ2v) is 2.44. The van der Waals surface area contributed by atoms with E-state index in [0.29, 0.717) is 11.6 Å². The van der Waals surface area contributed by atoms with Gasteiger partial charge in [0.2, 0.25) is 5.01 Å². The topological polar surface area (TPSA) is 54.9 Å². The van der Waals surface area contributed by atoms with Crippen LogP contribution in [0.25, 0.3) is 0 Å². The second kappa shape index (κ2) is 3.26. The molecule has 1 amide bonds. The van der Waals surface area contributed by atoms with Gasteiger partial charge < -0.3 is 5.32 Å². The lowest BCUT2D eigenvalue weighted by Gasteiger charge is -1.93. The maximum atomic E-state index is 10.9. The zero-order chi connectivity index (χ0) is 7.40. The van der Waals surface area contributed by atoms with Gasteiger partial charge in [0.25, 0.3) is 5.91 Å². The highest BCUT2D eigenvalue weighted by molar-refractivity contribution is 7.11. The van der Waals surface area contributed by atoms with Crippen LogP contribution in [-0.4, -0.2) is 22.6 Å². The van der Waals surface area contributed by atoms with E-state index in [1.807, 2.05) is 6.92 Å². The van der Waals surface area contributed by atoms with E-state index < -0.39 is 0 Å². The minimum atomic E-state index is -0.148. The van der Waals surface area contributed by atoms with Crippen LogP contribution in [0.1, 0.15) is 16.7 Å². The summed E-state index contributed by atoms with van der Waals surface area (Å²) in [5.41, 5.74) is 1.53. The van der Waals surface area contributed by atoms with Crippen molar-refractivity contribution in [2.75, 3.05) is 6.54 Å². The van der Waals surface area contributed by atoms with Gasteiger partial charge in [0.1, 0.15) is 5.51 Å². The number of nitrogens with zero attached hydrogens (tertiary/aromatic N) is 2. The SMILES string of the molecule is CCNC(=O)c1nncs1. The fourth-order valence-corrected chi connectivity index (χ4v) is 0.976. The van der Waals surface area contributed by atoms with Crippen LogP contribution in [0.15, 0.2) is 5.51 Å². The van der Waals surface area contributed by atoms with E-state index in [1.165, 1.54) is 16.8 Å². The van der Waals surface area contributed by atoms with Gasteiger partial charge in [-0.3, -0.25) is 4.79 Å². The Kier molecular flexibility index (Phi) is 2.33. The molecule has 0 unspecified atom stereocenters. The molecule has 0 atom stereocenters. The smallest absolute Gasteiger partial charge is 0.282 e. The molecule has 1 aromatic heterocycles. The summed E-state index contributed by atoms with van der Waals surface area (Å²) in [7, 11) is 0. The van der Waals surface area contributed by atoms with Crippen LogP contribution in [0.4, 0.5) is 0 Å². The van der Waals surface area contributed by atoms with Crippen molar-refractivity contribution in [2.45, 2.75) is 6.92 Å². The van der Waals surface area contributed by atoms with Gasteiger partial charge in [-0.25, -0.2) is 0 Å². The van der Waals surface area contributed by atoms with E-state index in [0.717, 1.165) is 0 Å². The summed E-state index contributed by atoms with van der Waals surface area (Å²) in [6.07, 6.45) is 0. The number of rotatable bonds is 2. The maximum Gasteiger partial charge on any atom is 0.282 e. The molecular formula is C5H7N3OS. The van der Waals surface area contributed by atoms with Crippen molar-refractivity contribution in [1.82, 2.24) is 15.5 Å². The third-order valence-corrected chi connectivity index (χ3v) is 1.58. The number of nitrogens with one attached hydrogen (secondary N) is 1. The van der Waals surface area contributed by atoms with Gasteiger partial charge >= 0.3 is 0 Å². The first-order valence-corrected chi connectivity index (χ1v) is 3.77. The zero-order valence-electron chi connectivity index (χ0n) is 5.50. The standard InChI is InChI=1S/C5H7N3OS/c1-2-6-4(9)5-8-7-3-10-5/h3H,2H2,1H3,(H,6,9). The van der Waals surface area contributed by atoms with E-state index in [1.54, 1.807) is 0 Å². The third-order valence-electron chi connectivity index (χ3n) is 0.892. The summed E-state index contributed by atoms with van der Waals surface area (Å²) >= 11 is 1.24. The lowest BCUT2D eigenvalue weighted by atomic mass is 10.6. The molecule has 1 heterocycles. The number of hydrogen-bond acceptors (Lipinski definition) is 4. The molecule has 0 fully saturated rings. The molecular weight excluding hydrogens is 150 g/mol. The number of carbonyl (C=O) groups is 1. The molecule has 0 spiro atoms. The Morgan fingerprint density at radius 2 is 2.70 bits per heavy atom. The predicted molar refractivity (Wildman–Crippen MR) is 37.9 cm³/mol. The molecule has 0 aliphatic heterocycles. The normalized spacial score (nSPS) is 9.30. The number of carbonyl (C=O) groups excluding carboxylic acids is 1. The van der Waals surface area contributed by atoms with Crippen LogP contribution < -0.4 is 5.32 Å². The highest BCUT2D eigenvalue weighted by Gasteiger charge is 2.05.